The van der Waals surface area contributed by atoms with Crippen molar-refractivity contribution in [3.8, 4) is 0 Å². The fraction of sp³-hybridized carbons (Fsp3) is 0.529. The molecule has 25 heavy (non-hydrogen) atoms. The Labute approximate surface area is 148 Å². The Hall–Kier alpha value is -1.77. The summed E-state index contributed by atoms with van der Waals surface area (Å²) in [7, 11) is -3.65. The van der Waals surface area contributed by atoms with E-state index in [9.17, 15) is 18.0 Å². The highest BCUT2D eigenvalue weighted by Gasteiger charge is 2.28. The third kappa shape index (κ3) is 4.87. The highest BCUT2D eigenvalue weighted by atomic mass is 32.2. The molecule has 7 nitrogen and oxygen atoms in total. The number of likely N-dealkylation sites (N-methyl/N-ethyl adjacent to an activating group) is 1. The van der Waals surface area contributed by atoms with E-state index in [0.29, 0.717) is 26.2 Å². The average molecular weight is 368 g/mol. The van der Waals surface area contributed by atoms with Gasteiger partial charge in [0.25, 0.3) is 0 Å². The Bertz CT molecular complexity index is 724. The molecule has 2 rings (SSSR count). The molecule has 0 aromatic heterocycles. The van der Waals surface area contributed by atoms with Gasteiger partial charge >= 0.3 is 5.97 Å². The largest absolute Gasteiger partial charge is 0.466 e. The number of piperazine rings is 1. The molecule has 1 saturated heterocycles. The van der Waals surface area contributed by atoms with E-state index in [1.165, 1.54) is 28.6 Å². The van der Waals surface area contributed by atoms with Crippen molar-refractivity contribution in [1.82, 2.24) is 9.21 Å². The van der Waals surface area contributed by atoms with Crippen LogP contribution in [0.1, 0.15) is 30.6 Å². The van der Waals surface area contributed by atoms with Gasteiger partial charge in [-0.1, -0.05) is 19.1 Å². The number of sulfonamides is 1. The quantitative estimate of drug-likeness (QED) is 0.408. The van der Waals surface area contributed by atoms with Crippen LogP contribution in [0.3, 0.4) is 0 Å². The molecule has 8 heteroatoms. The molecule has 0 amide bonds. The van der Waals surface area contributed by atoms with Gasteiger partial charge in [-0.15, -0.1) is 0 Å². The van der Waals surface area contributed by atoms with Crippen LogP contribution in [0.2, 0.25) is 0 Å². The molecule has 138 valence electrons. The lowest BCUT2D eigenvalue weighted by Crippen LogP contribution is -2.48. The molecule has 1 aromatic rings. The molecule has 0 radical (unpaired) electrons. The third-order valence-corrected chi connectivity index (χ3v) is 6.08. The van der Waals surface area contributed by atoms with E-state index < -0.39 is 28.2 Å². The maximum Gasteiger partial charge on any atom is 0.313 e. The van der Waals surface area contributed by atoms with E-state index in [-0.39, 0.29) is 17.1 Å². The molecule has 0 spiro atoms. The molecule has 1 aromatic carbocycles. The van der Waals surface area contributed by atoms with Crippen LogP contribution in [-0.2, 0) is 19.6 Å². The first-order chi connectivity index (χ1) is 11.9. The van der Waals surface area contributed by atoms with E-state index in [2.05, 4.69) is 4.90 Å². The van der Waals surface area contributed by atoms with Gasteiger partial charge < -0.3 is 9.64 Å². The molecule has 0 aliphatic carbocycles. The number of carbonyl (C=O) groups is 2. The van der Waals surface area contributed by atoms with Crippen LogP contribution in [0.4, 0.5) is 0 Å². The molecule has 1 fully saturated rings. The Morgan fingerprint density at radius 2 is 1.80 bits per heavy atom. The van der Waals surface area contributed by atoms with Crippen molar-refractivity contribution in [3.05, 3.63) is 29.8 Å². The summed E-state index contributed by atoms with van der Waals surface area (Å²) in [6.07, 6.45) is -0.396. The van der Waals surface area contributed by atoms with Crippen LogP contribution in [0.5, 0.6) is 0 Å². The fourth-order valence-electron chi connectivity index (χ4n) is 2.71. The topological polar surface area (TPSA) is 84.0 Å². The summed E-state index contributed by atoms with van der Waals surface area (Å²) in [5.74, 6) is -1.07. The zero-order chi connectivity index (χ0) is 18.4. The van der Waals surface area contributed by atoms with Crippen LogP contribution in [0.25, 0.3) is 0 Å². The van der Waals surface area contributed by atoms with Crippen molar-refractivity contribution >= 4 is 21.8 Å². The first-order valence-electron chi connectivity index (χ1n) is 8.39. The van der Waals surface area contributed by atoms with E-state index in [1.807, 2.05) is 6.92 Å². The fourth-order valence-corrected chi connectivity index (χ4v) is 4.18. The number of carbonyl (C=O) groups excluding carboxylic acids is 2. The summed E-state index contributed by atoms with van der Waals surface area (Å²) >= 11 is 0. The molecule has 1 heterocycles. The van der Waals surface area contributed by atoms with E-state index >= 15 is 0 Å². The van der Waals surface area contributed by atoms with Crippen LogP contribution in [0.15, 0.2) is 29.2 Å². The second-order valence-electron chi connectivity index (χ2n) is 5.77. The Balaban J connectivity index is 2.14. The standard InChI is InChI=1S/C17H24N2O5S/c1-3-18-8-10-19(11-9-18)25(22,23)15-7-5-6-14(12-15)16(20)13-17(21)24-4-2/h5-7,12H,3-4,8-11,13H2,1-2H3. The Kier molecular flexibility index (Phi) is 6.69. The van der Waals surface area contributed by atoms with Gasteiger partial charge in [0.1, 0.15) is 6.42 Å². The molecule has 1 aliphatic heterocycles. The minimum atomic E-state index is -3.65. The SMILES string of the molecule is CCOC(=O)CC(=O)c1cccc(S(=O)(=O)N2CCN(CC)CC2)c1. The van der Waals surface area contributed by atoms with Crippen LogP contribution >= 0.6 is 0 Å². The van der Waals surface area contributed by atoms with Gasteiger partial charge in [-0.25, -0.2) is 8.42 Å². The zero-order valence-corrected chi connectivity index (χ0v) is 15.4. The van der Waals surface area contributed by atoms with Gasteiger partial charge in [0.2, 0.25) is 10.0 Å². The van der Waals surface area contributed by atoms with Crippen LogP contribution in [0, 0.1) is 0 Å². The van der Waals surface area contributed by atoms with E-state index in [1.54, 1.807) is 6.92 Å². The number of hydrogen-bond acceptors (Lipinski definition) is 6. The Morgan fingerprint density at radius 3 is 2.40 bits per heavy atom. The number of ether oxygens (including phenoxy) is 1. The summed E-state index contributed by atoms with van der Waals surface area (Å²) in [5.41, 5.74) is 0.196. The minimum Gasteiger partial charge on any atom is -0.466 e. The predicted octanol–water partition coefficient (Wildman–Crippen LogP) is 1.15. The second-order valence-corrected chi connectivity index (χ2v) is 7.71. The zero-order valence-electron chi connectivity index (χ0n) is 14.6. The number of hydrogen-bond donors (Lipinski definition) is 0. The number of esters is 1. The summed E-state index contributed by atoms with van der Waals surface area (Å²) in [6, 6.07) is 5.84. The molecule has 0 unspecified atom stereocenters. The van der Waals surface area contributed by atoms with E-state index in [0.717, 1.165) is 6.54 Å². The number of rotatable bonds is 7. The van der Waals surface area contributed by atoms with Crippen molar-refractivity contribution in [2.75, 3.05) is 39.3 Å². The smallest absolute Gasteiger partial charge is 0.313 e. The number of Topliss-reactive ketones (excluding diaryl/α,β-unsaturated/α-hetero) is 1. The van der Waals surface area contributed by atoms with Crippen molar-refractivity contribution in [2.45, 2.75) is 25.2 Å². The molecule has 0 atom stereocenters. The first kappa shape index (κ1) is 19.6. The number of ketones is 1. The third-order valence-electron chi connectivity index (χ3n) is 4.18. The maximum atomic E-state index is 12.8. The molecule has 0 N–H and O–H groups in total. The maximum absolute atomic E-state index is 12.8. The van der Waals surface area contributed by atoms with Crippen molar-refractivity contribution in [1.29, 1.82) is 0 Å². The first-order valence-corrected chi connectivity index (χ1v) is 9.83. The monoisotopic (exact) mass is 368 g/mol. The van der Waals surface area contributed by atoms with E-state index in [4.69, 9.17) is 4.74 Å². The van der Waals surface area contributed by atoms with Crippen molar-refractivity contribution in [3.63, 3.8) is 0 Å². The highest BCUT2D eigenvalue weighted by Crippen LogP contribution is 2.19. The van der Waals surface area contributed by atoms with Crippen molar-refractivity contribution in [2.24, 2.45) is 0 Å². The molecule has 0 saturated carbocycles. The molecular weight excluding hydrogens is 344 g/mol. The van der Waals surface area contributed by atoms with Crippen molar-refractivity contribution < 1.29 is 22.7 Å². The normalized spacial score (nSPS) is 16.6. The molecule has 0 bridgehead atoms. The Morgan fingerprint density at radius 1 is 1.12 bits per heavy atom. The lowest BCUT2D eigenvalue weighted by Gasteiger charge is -2.33. The van der Waals surface area contributed by atoms with Gasteiger partial charge in [0.15, 0.2) is 5.78 Å². The summed E-state index contributed by atoms with van der Waals surface area (Å²) in [5, 5.41) is 0. The van der Waals surface area contributed by atoms with Gasteiger partial charge in [0.05, 0.1) is 11.5 Å². The number of benzene rings is 1. The summed E-state index contributed by atoms with van der Waals surface area (Å²) in [6.45, 7) is 7.04. The van der Waals surface area contributed by atoms with Crippen LogP contribution < -0.4 is 0 Å². The van der Waals surface area contributed by atoms with Crippen LogP contribution in [-0.4, -0.2) is 68.7 Å². The second kappa shape index (κ2) is 8.55. The minimum absolute atomic E-state index is 0.0761. The van der Waals surface area contributed by atoms with Gasteiger partial charge in [0, 0.05) is 31.7 Å². The molecule has 1 aliphatic rings. The summed E-state index contributed by atoms with van der Waals surface area (Å²) in [4.78, 5) is 25.9. The lowest BCUT2D eigenvalue weighted by molar-refractivity contribution is -0.141. The van der Waals surface area contributed by atoms with Gasteiger partial charge in [-0.2, -0.15) is 4.31 Å². The highest BCUT2D eigenvalue weighted by molar-refractivity contribution is 7.89. The number of nitrogens with zero attached hydrogens (tertiary/aromatic N) is 2. The lowest BCUT2D eigenvalue weighted by atomic mass is 10.1. The summed E-state index contributed by atoms with van der Waals surface area (Å²) < 4.78 is 31.8. The van der Waals surface area contributed by atoms with Gasteiger partial charge in [-0.3, -0.25) is 9.59 Å². The van der Waals surface area contributed by atoms with Gasteiger partial charge in [-0.05, 0) is 25.6 Å². The average Bonchev–Trinajstić information content (AvgIpc) is 2.62. The molecular formula is C17H24N2O5S. The predicted molar refractivity (Wildman–Crippen MR) is 92.9 cm³/mol.